The first-order valence-electron chi connectivity index (χ1n) is 25.1. The Morgan fingerprint density at radius 1 is 0.413 bits per heavy atom. The Kier molecular flexibility index (Phi) is 31.0. The first-order chi connectivity index (χ1) is 30.3. The first-order valence-corrected chi connectivity index (χ1v) is 25.1. The topological polar surface area (TPSA) is 242 Å². The van der Waals surface area contributed by atoms with Gasteiger partial charge in [-0.1, -0.05) is 169 Å². The molecule has 0 radical (unpaired) electrons. The fourth-order valence-corrected chi connectivity index (χ4v) is 8.55. The predicted molar refractivity (Wildman–Crippen MR) is 238 cm³/mol. The second-order valence-electron chi connectivity index (χ2n) is 18.3. The summed E-state index contributed by atoms with van der Waals surface area (Å²) in [5.74, 6) is -2.96. The van der Waals surface area contributed by atoms with Gasteiger partial charge in [-0.05, 0) is 25.7 Å². The van der Waals surface area contributed by atoms with Gasteiger partial charge in [-0.25, -0.2) is 0 Å². The zero-order chi connectivity index (χ0) is 46.6. The van der Waals surface area contributed by atoms with Gasteiger partial charge in [0.1, 0.15) is 62.0 Å². The molecule has 0 aliphatic carbocycles. The molecule has 372 valence electrons. The summed E-state index contributed by atoms with van der Waals surface area (Å²) in [6, 6.07) is 0. The second-order valence-corrected chi connectivity index (χ2v) is 18.3. The molecular formula is C48H90O15. The normalized spacial score (nSPS) is 28.3. The van der Waals surface area contributed by atoms with Gasteiger partial charge in [0.25, 0.3) is 0 Å². The van der Waals surface area contributed by atoms with Crippen molar-refractivity contribution >= 4 is 11.9 Å². The van der Waals surface area contributed by atoms with Crippen LogP contribution in [0.1, 0.15) is 195 Å². The van der Waals surface area contributed by atoms with Crippen LogP contribution in [-0.4, -0.2) is 140 Å². The summed E-state index contributed by atoms with van der Waals surface area (Å²) in [6.45, 7) is 7.41. The number of ether oxygens (including phenoxy) is 5. The van der Waals surface area contributed by atoms with E-state index < -0.39 is 111 Å². The molecule has 8 N–H and O–H groups in total. The van der Waals surface area contributed by atoms with Crippen LogP contribution in [0.25, 0.3) is 0 Å². The lowest BCUT2D eigenvalue weighted by Gasteiger charge is -2.44. The maximum absolute atomic E-state index is 13.5. The fraction of sp³-hybridized carbons (Fsp3) is 0.958. The van der Waals surface area contributed by atoms with Crippen LogP contribution in [0.2, 0.25) is 0 Å². The number of unbranched alkanes of at least 4 members (excludes halogenated alkanes) is 18. The van der Waals surface area contributed by atoms with Crippen molar-refractivity contribution in [1.82, 2.24) is 0 Å². The number of esters is 2. The van der Waals surface area contributed by atoms with E-state index in [0.717, 1.165) is 141 Å². The lowest BCUT2D eigenvalue weighted by molar-refractivity contribution is -0.376. The minimum absolute atomic E-state index is 0.418. The fourth-order valence-electron chi connectivity index (χ4n) is 8.55. The standard InChI is InChI=1S/C48H90O15/c1-5-9-13-17-21-25-29-35(49)33(27-23-19-15-11-7-3)45(57)59-31-37-39(51)41(53)43(55)47(61-37)63-48-44(56)42(54)40(52)38(62-48)32-60-46(58)34(28-24-20-16-12-8-4)36(50)30-26-22-18-14-10-6-2/h33-44,47-56H,5-32H2,1-4H3/t33?,34?,35?,36?,37?,38?,39-,40-,41-,42-,43?,44?,47-,48-/m0/s1. The minimum Gasteiger partial charge on any atom is -0.463 e. The highest BCUT2D eigenvalue weighted by Crippen LogP contribution is 2.30. The Balaban J connectivity index is 2.08. The van der Waals surface area contributed by atoms with Crippen LogP contribution in [0.3, 0.4) is 0 Å². The molecule has 0 spiro atoms. The molecule has 2 fully saturated rings. The minimum atomic E-state index is -1.88. The quantitative estimate of drug-likeness (QED) is 0.0270. The number of carbonyl (C=O) groups is 2. The van der Waals surface area contributed by atoms with Crippen molar-refractivity contribution in [3.05, 3.63) is 0 Å². The summed E-state index contributed by atoms with van der Waals surface area (Å²) in [5, 5.41) is 87.2. The number of hydrogen-bond donors (Lipinski definition) is 8. The zero-order valence-electron chi connectivity index (χ0n) is 39.3. The third-order valence-electron chi connectivity index (χ3n) is 12.9. The van der Waals surface area contributed by atoms with Crippen LogP contribution in [0.15, 0.2) is 0 Å². The van der Waals surface area contributed by atoms with Gasteiger partial charge in [0.2, 0.25) is 0 Å². The van der Waals surface area contributed by atoms with Gasteiger partial charge in [0, 0.05) is 0 Å². The highest BCUT2D eigenvalue weighted by molar-refractivity contribution is 5.73. The van der Waals surface area contributed by atoms with Gasteiger partial charge in [-0.2, -0.15) is 0 Å². The molecule has 0 saturated carbocycles. The van der Waals surface area contributed by atoms with E-state index in [1.807, 2.05) is 0 Å². The summed E-state index contributed by atoms with van der Waals surface area (Å²) >= 11 is 0. The van der Waals surface area contributed by atoms with Crippen molar-refractivity contribution in [2.75, 3.05) is 13.2 Å². The summed E-state index contributed by atoms with van der Waals surface area (Å²) < 4.78 is 28.4. The third kappa shape index (κ3) is 21.3. The monoisotopic (exact) mass is 907 g/mol. The van der Waals surface area contributed by atoms with E-state index >= 15 is 0 Å². The van der Waals surface area contributed by atoms with Crippen LogP contribution in [0.5, 0.6) is 0 Å². The molecule has 8 unspecified atom stereocenters. The summed E-state index contributed by atoms with van der Waals surface area (Å²) in [5.41, 5.74) is 0. The SMILES string of the molecule is CCCCCCCCC(O)C(CCCCCCC)C(=O)OCC1O[C@@H](O[C@@H]2OC(COC(=O)C(CCCCCCC)C(O)CCCCCCCC)[C@H](O)[C@H](O)C2O)C(O)[C@@H](O)[C@H]1O. The molecule has 2 heterocycles. The molecule has 0 bridgehead atoms. The van der Waals surface area contributed by atoms with E-state index in [4.69, 9.17) is 23.7 Å². The third-order valence-corrected chi connectivity index (χ3v) is 12.9. The maximum Gasteiger partial charge on any atom is 0.311 e. The predicted octanol–water partition coefficient (Wildman–Crippen LogP) is 5.88. The van der Waals surface area contributed by atoms with E-state index in [0.29, 0.717) is 25.7 Å². The van der Waals surface area contributed by atoms with Crippen molar-refractivity contribution in [3.8, 4) is 0 Å². The van der Waals surface area contributed by atoms with E-state index in [2.05, 4.69) is 27.7 Å². The van der Waals surface area contributed by atoms with Crippen LogP contribution in [0, 0.1) is 11.8 Å². The molecular weight excluding hydrogens is 817 g/mol. The smallest absolute Gasteiger partial charge is 0.311 e. The van der Waals surface area contributed by atoms with Gasteiger partial charge in [0.15, 0.2) is 12.6 Å². The Morgan fingerprint density at radius 3 is 1.02 bits per heavy atom. The van der Waals surface area contributed by atoms with Gasteiger partial charge in [-0.15, -0.1) is 0 Å². The van der Waals surface area contributed by atoms with Gasteiger partial charge >= 0.3 is 11.9 Å². The second kappa shape index (κ2) is 33.9. The number of carbonyl (C=O) groups excluding carboxylic acids is 2. The van der Waals surface area contributed by atoms with Crippen LogP contribution in [0.4, 0.5) is 0 Å². The molecule has 2 saturated heterocycles. The number of rotatable bonds is 36. The van der Waals surface area contributed by atoms with Gasteiger partial charge < -0.3 is 64.5 Å². The summed E-state index contributed by atoms with van der Waals surface area (Å²) in [7, 11) is 0. The molecule has 0 aromatic rings. The van der Waals surface area contributed by atoms with E-state index in [1.165, 1.54) is 0 Å². The number of aliphatic hydroxyl groups is 8. The number of hydrogen-bond acceptors (Lipinski definition) is 15. The zero-order valence-corrected chi connectivity index (χ0v) is 39.3. The lowest BCUT2D eigenvalue weighted by atomic mass is 9.91. The van der Waals surface area contributed by atoms with E-state index in [-0.39, 0.29) is 0 Å². The molecule has 0 amide bonds. The number of aliphatic hydroxyl groups excluding tert-OH is 8. The molecule has 2 aliphatic heterocycles. The van der Waals surface area contributed by atoms with Crippen LogP contribution >= 0.6 is 0 Å². The molecule has 2 rings (SSSR count). The molecule has 14 atom stereocenters. The van der Waals surface area contributed by atoms with Crippen molar-refractivity contribution in [2.24, 2.45) is 11.8 Å². The van der Waals surface area contributed by atoms with Crippen molar-refractivity contribution < 1.29 is 74.1 Å². The van der Waals surface area contributed by atoms with Crippen molar-refractivity contribution in [2.45, 2.75) is 268 Å². The summed E-state index contributed by atoms with van der Waals surface area (Å²) in [4.78, 5) is 26.9. The Labute approximate surface area is 378 Å². The average Bonchev–Trinajstić information content (AvgIpc) is 3.27. The maximum atomic E-state index is 13.5. The molecule has 0 aromatic carbocycles. The molecule has 15 heteroatoms. The van der Waals surface area contributed by atoms with Crippen LogP contribution < -0.4 is 0 Å². The molecule has 0 aromatic heterocycles. The Hall–Kier alpha value is -1.50. The van der Waals surface area contributed by atoms with E-state index in [9.17, 15) is 50.4 Å². The largest absolute Gasteiger partial charge is 0.463 e. The molecule has 63 heavy (non-hydrogen) atoms. The highest BCUT2D eigenvalue weighted by Gasteiger charge is 2.50. The van der Waals surface area contributed by atoms with Crippen molar-refractivity contribution in [3.63, 3.8) is 0 Å². The average molecular weight is 907 g/mol. The van der Waals surface area contributed by atoms with Crippen molar-refractivity contribution in [1.29, 1.82) is 0 Å². The Bertz CT molecular complexity index is 1080. The summed E-state index contributed by atoms with van der Waals surface area (Å²) in [6.07, 6.45) is 4.51. The first kappa shape index (κ1) is 57.6. The van der Waals surface area contributed by atoms with E-state index in [1.54, 1.807) is 0 Å². The van der Waals surface area contributed by atoms with Crippen LogP contribution in [-0.2, 0) is 33.3 Å². The highest BCUT2D eigenvalue weighted by atomic mass is 16.8. The molecule has 2 aliphatic rings. The molecule has 15 nitrogen and oxygen atoms in total. The lowest BCUT2D eigenvalue weighted by Crippen LogP contribution is -2.64. The van der Waals surface area contributed by atoms with Gasteiger partial charge in [-0.3, -0.25) is 9.59 Å². The Morgan fingerprint density at radius 2 is 0.698 bits per heavy atom. The van der Waals surface area contributed by atoms with Gasteiger partial charge in [0.05, 0.1) is 24.0 Å².